The van der Waals surface area contributed by atoms with Gasteiger partial charge >= 0.3 is 6.09 Å². The minimum Gasteiger partial charge on any atom is -0.497 e. The summed E-state index contributed by atoms with van der Waals surface area (Å²) >= 11 is 0. The molecule has 0 N–H and O–H groups in total. The Balaban J connectivity index is 1.52. The fraction of sp³-hybridized carbons (Fsp3) is 0.400. The van der Waals surface area contributed by atoms with E-state index in [1.54, 1.807) is 24.1 Å². The standard InChI is InChI=1S/C15H16N2O5/c1-21-12-4-2-10(3-5-12)6-13(18)16-7-11(8-16)17-14(19)9-22-15(17)20/h2-5,11H,6-9H2,1H3. The minimum absolute atomic E-state index is 0.0265. The highest BCUT2D eigenvalue weighted by Crippen LogP contribution is 2.21. The lowest BCUT2D eigenvalue weighted by molar-refractivity contribution is -0.141. The molecule has 1 aromatic rings. The number of carbonyl (C=O) groups excluding carboxylic acids is 3. The molecule has 0 aliphatic carbocycles. The van der Waals surface area contributed by atoms with Crippen LogP contribution in [0.3, 0.4) is 0 Å². The Bertz CT molecular complexity index is 591. The van der Waals surface area contributed by atoms with Crippen LogP contribution < -0.4 is 4.74 Å². The normalized spacial score (nSPS) is 18.2. The molecule has 3 rings (SSSR count). The van der Waals surface area contributed by atoms with Gasteiger partial charge in [-0.05, 0) is 17.7 Å². The SMILES string of the molecule is COc1ccc(CC(=O)N2CC(N3C(=O)COC3=O)C2)cc1. The maximum atomic E-state index is 12.1. The lowest BCUT2D eigenvalue weighted by Gasteiger charge is -2.42. The van der Waals surface area contributed by atoms with Crippen LogP contribution in [-0.4, -0.2) is 60.6 Å². The average Bonchev–Trinajstić information content (AvgIpc) is 2.79. The largest absolute Gasteiger partial charge is 0.497 e. The van der Waals surface area contributed by atoms with Crippen LogP contribution in [0.5, 0.6) is 5.75 Å². The zero-order valence-electron chi connectivity index (χ0n) is 12.2. The summed E-state index contributed by atoms with van der Waals surface area (Å²) in [6, 6.07) is 7.04. The Labute approximate surface area is 127 Å². The topological polar surface area (TPSA) is 76.2 Å². The van der Waals surface area contributed by atoms with Gasteiger partial charge in [0.15, 0.2) is 6.61 Å². The van der Waals surface area contributed by atoms with Crippen molar-refractivity contribution in [2.24, 2.45) is 0 Å². The molecule has 7 heteroatoms. The van der Waals surface area contributed by atoms with E-state index in [1.165, 1.54) is 0 Å². The predicted octanol–water partition coefficient (Wildman–Crippen LogP) is 0.427. The van der Waals surface area contributed by atoms with Gasteiger partial charge in [-0.2, -0.15) is 0 Å². The van der Waals surface area contributed by atoms with Crippen LogP contribution in [0.4, 0.5) is 4.79 Å². The number of rotatable bonds is 4. The van der Waals surface area contributed by atoms with Crippen molar-refractivity contribution in [3.8, 4) is 5.75 Å². The molecule has 0 radical (unpaired) electrons. The summed E-state index contributed by atoms with van der Waals surface area (Å²) in [4.78, 5) is 37.8. The van der Waals surface area contributed by atoms with Gasteiger partial charge in [-0.3, -0.25) is 9.59 Å². The molecule has 22 heavy (non-hydrogen) atoms. The first-order valence-electron chi connectivity index (χ1n) is 6.98. The van der Waals surface area contributed by atoms with Gasteiger partial charge in [0, 0.05) is 13.1 Å². The molecule has 116 valence electrons. The zero-order valence-corrected chi connectivity index (χ0v) is 12.2. The molecule has 0 unspecified atom stereocenters. The molecule has 2 aliphatic rings. The van der Waals surface area contributed by atoms with E-state index in [0.717, 1.165) is 16.2 Å². The van der Waals surface area contributed by atoms with Crippen LogP contribution in [0.2, 0.25) is 0 Å². The summed E-state index contributed by atoms with van der Waals surface area (Å²) in [5.74, 6) is 0.380. The van der Waals surface area contributed by atoms with E-state index in [1.807, 2.05) is 12.1 Å². The predicted molar refractivity (Wildman–Crippen MR) is 75.3 cm³/mol. The van der Waals surface area contributed by atoms with Crippen molar-refractivity contribution in [1.82, 2.24) is 9.80 Å². The molecular formula is C15H16N2O5. The van der Waals surface area contributed by atoms with E-state index >= 15 is 0 Å². The number of benzene rings is 1. The molecule has 0 bridgehead atoms. The van der Waals surface area contributed by atoms with Crippen LogP contribution >= 0.6 is 0 Å². The highest BCUT2D eigenvalue weighted by Gasteiger charge is 2.44. The Morgan fingerprint density at radius 2 is 1.95 bits per heavy atom. The van der Waals surface area contributed by atoms with Crippen LogP contribution in [0.1, 0.15) is 5.56 Å². The quantitative estimate of drug-likeness (QED) is 0.806. The van der Waals surface area contributed by atoms with Crippen molar-refractivity contribution in [3.63, 3.8) is 0 Å². The van der Waals surface area contributed by atoms with Crippen LogP contribution in [-0.2, 0) is 20.7 Å². The molecule has 0 spiro atoms. The third kappa shape index (κ3) is 2.61. The first-order chi connectivity index (χ1) is 10.6. The summed E-state index contributed by atoms with van der Waals surface area (Å²) < 4.78 is 9.74. The van der Waals surface area contributed by atoms with E-state index in [-0.39, 0.29) is 30.9 Å². The van der Waals surface area contributed by atoms with E-state index in [4.69, 9.17) is 4.74 Å². The third-order valence-electron chi connectivity index (χ3n) is 3.88. The van der Waals surface area contributed by atoms with E-state index < -0.39 is 6.09 Å². The second-order valence-corrected chi connectivity index (χ2v) is 5.30. The average molecular weight is 304 g/mol. The maximum absolute atomic E-state index is 12.1. The molecule has 0 saturated carbocycles. The van der Waals surface area contributed by atoms with E-state index in [2.05, 4.69) is 4.74 Å². The minimum atomic E-state index is -0.614. The molecule has 7 nitrogen and oxygen atoms in total. The van der Waals surface area contributed by atoms with Crippen LogP contribution in [0.25, 0.3) is 0 Å². The van der Waals surface area contributed by atoms with Gasteiger partial charge in [-0.1, -0.05) is 12.1 Å². The number of methoxy groups -OCH3 is 1. The van der Waals surface area contributed by atoms with Crippen molar-refractivity contribution in [1.29, 1.82) is 0 Å². The van der Waals surface area contributed by atoms with Crippen LogP contribution in [0, 0.1) is 0 Å². The first kappa shape index (κ1) is 14.4. The lowest BCUT2D eigenvalue weighted by Crippen LogP contribution is -2.62. The summed E-state index contributed by atoms with van der Waals surface area (Å²) in [5.41, 5.74) is 0.894. The Kier molecular flexibility index (Phi) is 3.70. The van der Waals surface area contributed by atoms with E-state index in [9.17, 15) is 14.4 Å². The van der Waals surface area contributed by atoms with Crippen molar-refractivity contribution in [3.05, 3.63) is 29.8 Å². The second kappa shape index (κ2) is 5.67. The number of nitrogens with zero attached hydrogens (tertiary/aromatic N) is 2. The molecule has 0 aromatic heterocycles. The molecule has 1 aromatic carbocycles. The highest BCUT2D eigenvalue weighted by molar-refractivity contribution is 5.98. The van der Waals surface area contributed by atoms with Gasteiger partial charge < -0.3 is 14.4 Å². The van der Waals surface area contributed by atoms with Crippen molar-refractivity contribution < 1.29 is 23.9 Å². The monoisotopic (exact) mass is 304 g/mol. The van der Waals surface area contributed by atoms with Gasteiger partial charge in [0.25, 0.3) is 5.91 Å². The number of likely N-dealkylation sites (tertiary alicyclic amines) is 1. The fourth-order valence-electron chi connectivity index (χ4n) is 2.57. The third-order valence-corrected chi connectivity index (χ3v) is 3.88. The smallest absolute Gasteiger partial charge is 0.417 e. The number of hydrogen-bond acceptors (Lipinski definition) is 5. The summed E-state index contributed by atoms with van der Waals surface area (Å²) in [7, 11) is 1.59. The molecular weight excluding hydrogens is 288 g/mol. The Morgan fingerprint density at radius 1 is 1.27 bits per heavy atom. The molecule has 0 atom stereocenters. The zero-order chi connectivity index (χ0) is 15.7. The van der Waals surface area contributed by atoms with Gasteiger partial charge in [0.05, 0.1) is 19.6 Å². The van der Waals surface area contributed by atoms with Crippen molar-refractivity contribution in [2.45, 2.75) is 12.5 Å². The van der Waals surface area contributed by atoms with Crippen molar-refractivity contribution in [2.75, 3.05) is 26.8 Å². The second-order valence-electron chi connectivity index (χ2n) is 5.30. The van der Waals surface area contributed by atoms with Gasteiger partial charge in [-0.15, -0.1) is 0 Å². The number of ether oxygens (including phenoxy) is 2. The summed E-state index contributed by atoms with van der Waals surface area (Å²) in [5, 5.41) is 0. The number of amides is 3. The number of imide groups is 1. The lowest BCUT2D eigenvalue weighted by atomic mass is 10.0. The first-order valence-corrected chi connectivity index (χ1v) is 6.98. The molecule has 2 saturated heterocycles. The van der Waals surface area contributed by atoms with Gasteiger partial charge in [0.1, 0.15) is 5.75 Å². The summed E-state index contributed by atoms with van der Waals surface area (Å²) in [6.45, 7) is 0.542. The fourth-order valence-corrected chi connectivity index (χ4v) is 2.57. The Morgan fingerprint density at radius 3 is 2.50 bits per heavy atom. The van der Waals surface area contributed by atoms with Crippen molar-refractivity contribution >= 4 is 17.9 Å². The molecule has 2 fully saturated rings. The molecule has 2 heterocycles. The van der Waals surface area contributed by atoms with Crippen LogP contribution in [0.15, 0.2) is 24.3 Å². The number of carbonyl (C=O) groups is 3. The highest BCUT2D eigenvalue weighted by atomic mass is 16.6. The molecule has 3 amide bonds. The van der Waals surface area contributed by atoms with Gasteiger partial charge in [0.2, 0.25) is 5.91 Å². The number of cyclic esters (lactones) is 1. The molecule has 2 aliphatic heterocycles. The summed E-state index contributed by atoms with van der Waals surface area (Å²) in [6.07, 6.45) is -0.327. The van der Waals surface area contributed by atoms with E-state index in [0.29, 0.717) is 13.1 Å². The van der Waals surface area contributed by atoms with Gasteiger partial charge in [-0.25, -0.2) is 9.69 Å². The number of hydrogen-bond donors (Lipinski definition) is 0. The Hall–Kier alpha value is -2.57. The maximum Gasteiger partial charge on any atom is 0.417 e.